The van der Waals surface area contributed by atoms with E-state index < -0.39 is 0 Å². The topological polar surface area (TPSA) is 20.3 Å². The van der Waals surface area contributed by atoms with Crippen molar-refractivity contribution in [3.63, 3.8) is 0 Å². The van der Waals surface area contributed by atoms with Crippen LogP contribution in [0.5, 0.6) is 0 Å². The van der Waals surface area contributed by atoms with Crippen LogP contribution in [0.2, 0.25) is 0 Å². The second kappa shape index (κ2) is 6.54. The van der Waals surface area contributed by atoms with Gasteiger partial charge in [0, 0.05) is 19.0 Å². The van der Waals surface area contributed by atoms with Gasteiger partial charge < -0.3 is 4.90 Å². The quantitative estimate of drug-likeness (QED) is 0.596. The molecule has 0 spiro atoms. The summed E-state index contributed by atoms with van der Waals surface area (Å²) in [6.07, 6.45) is 8.36. The molecule has 2 heteroatoms. The van der Waals surface area contributed by atoms with Crippen LogP contribution in [0.1, 0.15) is 66.7 Å². The molecule has 0 aromatic rings. The molecule has 2 unspecified atom stereocenters. The summed E-state index contributed by atoms with van der Waals surface area (Å²) in [5.74, 6) is 2.09. The third kappa shape index (κ3) is 4.86. The number of carbonyl (C=O) groups is 1. The van der Waals surface area contributed by atoms with Gasteiger partial charge in [-0.05, 0) is 63.2 Å². The van der Waals surface area contributed by atoms with Crippen molar-refractivity contribution in [2.75, 3.05) is 13.1 Å². The molecule has 2 fully saturated rings. The fourth-order valence-corrected chi connectivity index (χ4v) is 3.34. The van der Waals surface area contributed by atoms with Gasteiger partial charge in [-0.2, -0.15) is 0 Å². The molecule has 0 bridgehead atoms. The first-order valence-corrected chi connectivity index (χ1v) is 8.74. The second-order valence-electron chi connectivity index (χ2n) is 8.29. The van der Waals surface area contributed by atoms with Gasteiger partial charge in [0.25, 0.3) is 0 Å². The van der Waals surface area contributed by atoms with Gasteiger partial charge in [-0.25, -0.2) is 0 Å². The summed E-state index contributed by atoms with van der Waals surface area (Å²) in [6.45, 7) is 13.1. The van der Waals surface area contributed by atoms with E-state index in [9.17, 15) is 4.79 Å². The Hall–Kier alpha value is -0.790. The van der Waals surface area contributed by atoms with E-state index in [0.717, 1.165) is 31.8 Å². The van der Waals surface area contributed by atoms with E-state index in [1.165, 1.54) is 24.8 Å². The lowest BCUT2D eigenvalue weighted by molar-refractivity contribution is -0.133. The van der Waals surface area contributed by atoms with Crippen LogP contribution >= 0.6 is 0 Å². The van der Waals surface area contributed by atoms with Gasteiger partial charge in [0.05, 0.1) is 0 Å². The molecule has 120 valence electrons. The summed E-state index contributed by atoms with van der Waals surface area (Å²) in [5.41, 5.74) is 1.89. The molecule has 2 saturated carbocycles. The highest BCUT2D eigenvalue weighted by atomic mass is 16.2. The minimum atomic E-state index is 0.361. The number of allylic oxidation sites excluding steroid dienone is 2. The van der Waals surface area contributed by atoms with Crippen molar-refractivity contribution in [2.24, 2.45) is 23.2 Å². The molecule has 0 aromatic carbocycles. The molecule has 2 aliphatic carbocycles. The van der Waals surface area contributed by atoms with E-state index in [0.29, 0.717) is 23.2 Å². The first-order chi connectivity index (χ1) is 9.82. The molecule has 0 heterocycles. The number of hydrogen-bond donors (Lipinski definition) is 0. The van der Waals surface area contributed by atoms with Crippen LogP contribution in [0.25, 0.3) is 0 Å². The van der Waals surface area contributed by atoms with E-state index in [2.05, 4.69) is 45.6 Å². The molecule has 2 atom stereocenters. The van der Waals surface area contributed by atoms with Crippen LogP contribution in [0.4, 0.5) is 0 Å². The molecular formula is C19H33NO. The van der Waals surface area contributed by atoms with Crippen molar-refractivity contribution in [1.29, 1.82) is 0 Å². The van der Waals surface area contributed by atoms with E-state index in [-0.39, 0.29) is 0 Å². The van der Waals surface area contributed by atoms with E-state index in [1.54, 1.807) is 0 Å². The third-order valence-electron chi connectivity index (χ3n) is 5.07. The molecule has 0 N–H and O–H groups in total. The van der Waals surface area contributed by atoms with Crippen molar-refractivity contribution in [1.82, 2.24) is 4.90 Å². The zero-order valence-electron chi connectivity index (χ0n) is 14.6. The van der Waals surface area contributed by atoms with Crippen LogP contribution < -0.4 is 0 Å². The Labute approximate surface area is 131 Å². The SMILES string of the molecule is CC(C)=CCCC1(C)CC1CN(CC(C)C)C(=O)C1CC1. The number of amides is 1. The maximum absolute atomic E-state index is 12.4. The molecule has 2 aliphatic rings. The van der Waals surface area contributed by atoms with Crippen molar-refractivity contribution >= 4 is 5.91 Å². The van der Waals surface area contributed by atoms with Gasteiger partial charge in [0.15, 0.2) is 0 Å². The second-order valence-corrected chi connectivity index (χ2v) is 8.29. The summed E-state index contributed by atoms with van der Waals surface area (Å²) >= 11 is 0. The first kappa shape index (κ1) is 16.6. The Kier molecular flexibility index (Phi) is 5.16. The Morgan fingerprint density at radius 3 is 2.52 bits per heavy atom. The van der Waals surface area contributed by atoms with Crippen molar-refractivity contribution in [3.05, 3.63) is 11.6 Å². The summed E-state index contributed by atoms with van der Waals surface area (Å²) < 4.78 is 0. The van der Waals surface area contributed by atoms with E-state index in [1.807, 2.05) is 0 Å². The molecule has 0 aromatic heterocycles. The predicted molar refractivity (Wildman–Crippen MR) is 89.0 cm³/mol. The lowest BCUT2D eigenvalue weighted by Gasteiger charge is -2.26. The zero-order valence-corrected chi connectivity index (χ0v) is 14.6. The summed E-state index contributed by atoms with van der Waals surface area (Å²) in [5, 5.41) is 0. The van der Waals surface area contributed by atoms with Crippen molar-refractivity contribution in [2.45, 2.75) is 66.7 Å². The van der Waals surface area contributed by atoms with Gasteiger partial charge >= 0.3 is 0 Å². The molecular weight excluding hydrogens is 258 g/mol. The maximum Gasteiger partial charge on any atom is 0.225 e. The molecule has 21 heavy (non-hydrogen) atoms. The van der Waals surface area contributed by atoms with Crippen LogP contribution in [-0.4, -0.2) is 23.9 Å². The largest absolute Gasteiger partial charge is 0.342 e. The lowest BCUT2D eigenvalue weighted by Crippen LogP contribution is -2.37. The fraction of sp³-hybridized carbons (Fsp3) is 0.842. The van der Waals surface area contributed by atoms with Crippen LogP contribution in [-0.2, 0) is 4.79 Å². The number of rotatable bonds is 8. The standard InChI is InChI=1S/C19H33NO/c1-14(2)7-6-10-19(5)11-17(19)13-20(12-15(3)4)18(21)16-8-9-16/h7,15-17H,6,8-13H2,1-5H3. The smallest absolute Gasteiger partial charge is 0.225 e. The van der Waals surface area contributed by atoms with Gasteiger partial charge in [-0.15, -0.1) is 0 Å². The molecule has 0 aliphatic heterocycles. The van der Waals surface area contributed by atoms with Gasteiger partial charge in [-0.1, -0.05) is 32.4 Å². The Morgan fingerprint density at radius 1 is 1.33 bits per heavy atom. The average molecular weight is 291 g/mol. The monoisotopic (exact) mass is 291 g/mol. The Balaban J connectivity index is 1.83. The third-order valence-corrected chi connectivity index (χ3v) is 5.07. The van der Waals surface area contributed by atoms with Crippen LogP contribution in [0.15, 0.2) is 11.6 Å². The predicted octanol–water partition coefficient (Wildman–Crippen LogP) is 4.65. The van der Waals surface area contributed by atoms with Gasteiger partial charge in [0.2, 0.25) is 5.91 Å². The highest BCUT2D eigenvalue weighted by Gasteiger charge is 2.50. The average Bonchev–Trinajstić information content (AvgIpc) is 3.25. The highest BCUT2D eigenvalue weighted by molar-refractivity contribution is 5.81. The number of nitrogens with zero attached hydrogens (tertiary/aromatic N) is 1. The normalized spacial score (nSPS) is 27.6. The fourth-order valence-electron chi connectivity index (χ4n) is 3.34. The number of hydrogen-bond acceptors (Lipinski definition) is 1. The lowest BCUT2D eigenvalue weighted by atomic mass is 9.98. The zero-order chi connectivity index (χ0) is 15.6. The summed E-state index contributed by atoms with van der Waals surface area (Å²) in [4.78, 5) is 14.6. The first-order valence-electron chi connectivity index (χ1n) is 8.74. The highest BCUT2D eigenvalue weighted by Crippen LogP contribution is 2.56. The van der Waals surface area contributed by atoms with Crippen LogP contribution in [0, 0.1) is 23.2 Å². The van der Waals surface area contributed by atoms with Gasteiger partial charge in [0.1, 0.15) is 0 Å². The molecule has 2 nitrogen and oxygen atoms in total. The molecule has 0 saturated heterocycles. The molecule has 0 radical (unpaired) electrons. The minimum absolute atomic E-state index is 0.361. The molecule has 1 amide bonds. The summed E-state index contributed by atoms with van der Waals surface area (Å²) in [6, 6.07) is 0. The minimum Gasteiger partial charge on any atom is -0.342 e. The van der Waals surface area contributed by atoms with E-state index >= 15 is 0 Å². The van der Waals surface area contributed by atoms with Crippen molar-refractivity contribution in [3.8, 4) is 0 Å². The maximum atomic E-state index is 12.4. The Bertz CT molecular complexity index is 404. The van der Waals surface area contributed by atoms with E-state index in [4.69, 9.17) is 0 Å². The number of carbonyl (C=O) groups excluding carboxylic acids is 1. The van der Waals surface area contributed by atoms with Gasteiger partial charge in [-0.3, -0.25) is 4.79 Å². The molecule has 2 rings (SSSR count). The van der Waals surface area contributed by atoms with Crippen LogP contribution in [0.3, 0.4) is 0 Å². The Morgan fingerprint density at radius 2 is 2.00 bits per heavy atom. The van der Waals surface area contributed by atoms with Crippen molar-refractivity contribution < 1.29 is 4.79 Å². The summed E-state index contributed by atoms with van der Waals surface area (Å²) in [7, 11) is 0.